The van der Waals surface area contributed by atoms with Crippen molar-refractivity contribution in [3.05, 3.63) is 72.7 Å². The van der Waals surface area contributed by atoms with Gasteiger partial charge in [0.05, 0.1) is 0 Å². The lowest BCUT2D eigenvalue weighted by molar-refractivity contribution is 0.495. The summed E-state index contributed by atoms with van der Waals surface area (Å²) in [5.41, 5.74) is 4.93. The minimum atomic E-state index is 0.404. The van der Waals surface area contributed by atoms with Gasteiger partial charge in [0.15, 0.2) is 0 Å². The van der Waals surface area contributed by atoms with Crippen molar-refractivity contribution in [2.45, 2.75) is 73.1 Å². The van der Waals surface area contributed by atoms with E-state index in [1.165, 1.54) is 36.1 Å². The zero-order valence-electron chi connectivity index (χ0n) is 17.9. The topological polar surface area (TPSA) is 12.0 Å². The molecule has 0 spiro atoms. The lowest BCUT2D eigenvalue weighted by Crippen LogP contribution is -2.17. The number of hydrogen-bond acceptors (Lipinski definition) is 1. The van der Waals surface area contributed by atoms with Crippen molar-refractivity contribution < 1.29 is 0 Å². The normalized spacial score (nSPS) is 15.3. The summed E-state index contributed by atoms with van der Waals surface area (Å²) in [6, 6.07) is 0. The van der Waals surface area contributed by atoms with Crippen LogP contribution in [0.1, 0.15) is 73.1 Å². The van der Waals surface area contributed by atoms with Gasteiger partial charge >= 0.3 is 0 Å². The van der Waals surface area contributed by atoms with Gasteiger partial charge in [-0.25, -0.2) is 0 Å². The van der Waals surface area contributed by atoms with Crippen molar-refractivity contribution in [2.75, 3.05) is 0 Å². The van der Waals surface area contributed by atoms with E-state index in [1.807, 2.05) is 12.2 Å². The van der Waals surface area contributed by atoms with Crippen LogP contribution in [0.25, 0.3) is 0 Å². The van der Waals surface area contributed by atoms with Crippen molar-refractivity contribution >= 4 is 0 Å². The van der Waals surface area contributed by atoms with Crippen LogP contribution in [0.2, 0.25) is 0 Å². The first-order chi connectivity index (χ1) is 12.4. The van der Waals surface area contributed by atoms with Crippen molar-refractivity contribution in [3.8, 4) is 0 Å². The van der Waals surface area contributed by atoms with Crippen LogP contribution in [0.4, 0.5) is 0 Å². The van der Waals surface area contributed by atoms with E-state index < -0.39 is 0 Å². The first kappa shape index (κ1) is 24.2. The Hall–Kier alpha value is -1.76. The van der Waals surface area contributed by atoms with Gasteiger partial charge in [-0.1, -0.05) is 75.8 Å². The zero-order chi connectivity index (χ0) is 19.9. The van der Waals surface area contributed by atoms with Gasteiger partial charge in [-0.15, -0.1) is 6.58 Å². The number of nitrogens with one attached hydrogen (secondary N) is 1. The van der Waals surface area contributed by atoms with Gasteiger partial charge in [0.2, 0.25) is 0 Å². The summed E-state index contributed by atoms with van der Waals surface area (Å²) in [5, 5.41) is 3.50. The average molecular weight is 356 g/mol. The Bertz CT molecular complexity index is 530. The number of rotatable bonds is 14. The van der Waals surface area contributed by atoms with Gasteiger partial charge in [0.1, 0.15) is 0 Å². The van der Waals surface area contributed by atoms with Crippen LogP contribution in [-0.2, 0) is 0 Å². The van der Waals surface area contributed by atoms with Gasteiger partial charge in [0.25, 0.3) is 0 Å². The molecule has 0 aromatic rings. The van der Waals surface area contributed by atoms with E-state index in [-0.39, 0.29) is 0 Å². The first-order valence-corrected chi connectivity index (χ1v) is 10.1. The molecule has 146 valence electrons. The van der Waals surface area contributed by atoms with E-state index in [1.54, 1.807) is 0 Å². The molecule has 0 aliphatic heterocycles. The number of allylic oxidation sites excluding steroid dienone is 9. The third kappa shape index (κ3) is 9.65. The molecule has 0 bridgehead atoms. The zero-order valence-corrected chi connectivity index (χ0v) is 17.9. The molecule has 0 radical (unpaired) electrons. The maximum Gasteiger partial charge on any atom is 0.0107 e. The summed E-state index contributed by atoms with van der Waals surface area (Å²) >= 11 is 0. The Morgan fingerprint density at radius 3 is 2.31 bits per heavy atom. The molecule has 1 N–H and O–H groups in total. The third-order valence-electron chi connectivity index (χ3n) is 5.11. The van der Waals surface area contributed by atoms with E-state index >= 15 is 0 Å². The molecule has 1 heteroatoms. The predicted molar refractivity (Wildman–Crippen MR) is 120 cm³/mol. The van der Waals surface area contributed by atoms with Gasteiger partial charge in [0, 0.05) is 17.3 Å². The molecule has 2 unspecified atom stereocenters. The molecular weight excluding hydrogens is 314 g/mol. The van der Waals surface area contributed by atoms with Crippen molar-refractivity contribution in [2.24, 2.45) is 11.8 Å². The van der Waals surface area contributed by atoms with Crippen molar-refractivity contribution in [1.29, 1.82) is 0 Å². The Morgan fingerprint density at radius 1 is 1.12 bits per heavy atom. The van der Waals surface area contributed by atoms with Crippen LogP contribution in [0.5, 0.6) is 0 Å². The SMILES string of the molecule is C=C/C(=C/CC(C=C)/C(C)=C/C)C/C=C(\C)NC(=C)C(CC)CCCC. The van der Waals surface area contributed by atoms with E-state index in [9.17, 15) is 0 Å². The average Bonchev–Trinajstić information content (AvgIpc) is 2.64. The minimum Gasteiger partial charge on any atom is -0.363 e. The lowest BCUT2D eigenvalue weighted by atomic mass is 9.95. The summed E-state index contributed by atoms with van der Waals surface area (Å²) in [5.74, 6) is 0.965. The monoisotopic (exact) mass is 355 g/mol. The molecule has 26 heavy (non-hydrogen) atoms. The first-order valence-electron chi connectivity index (χ1n) is 10.1. The third-order valence-corrected chi connectivity index (χ3v) is 5.11. The molecule has 2 atom stereocenters. The second kappa shape index (κ2) is 14.4. The lowest BCUT2D eigenvalue weighted by Gasteiger charge is -2.19. The fraction of sp³-hybridized carbons (Fsp3) is 0.520. The summed E-state index contributed by atoms with van der Waals surface area (Å²) in [6.45, 7) is 23.0. The van der Waals surface area contributed by atoms with Crippen molar-refractivity contribution in [1.82, 2.24) is 5.32 Å². The van der Waals surface area contributed by atoms with Crippen LogP contribution in [-0.4, -0.2) is 0 Å². The summed E-state index contributed by atoms with van der Waals surface area (Å²) < 4.78 is 0. The molecule has 0 aromatic carbocycles. The quantitative estimate of drug-likeness (QED) is 0.247. The molecule has 0 aliphatic rings. The van der Waals surface area contributed by atoms with Crippen molar-refractivity contribution in [3.63, 3.8) is 0 Å². The molecule has 0 saturated carbocycles. The van der Waals surface area contributed by atoms with Crippen LogP contribution in [0.3, 0.4) is 0 Å². The van der Waals surface area contributed by atoms with Gasteiger partial charge < -0.3 is 5.32 Å². The van der Waals surface area contributed by atoms with Gasteiger partial charge in [-0.3, -0.25) is 0 Å². The molecular formula is C25H41N. The summed E-state index contributed by atoms with van der Waals surface area (Å²) in [7, 11) is 0. The molecule has 1 nitrogen and oxygen atoms in total. The molecule has 0 amide bonds. The number of hydrogen-bond donors (Lipinski definition) is 1. The smallest absolute Gasteiger partial charge is 0.0107 e. The predicted octanol–water partition coefficient (Wildman–Crippen LogP) is 7.87. The molecule has 0 aromatic heterocycles. The van der Waals surface area contributed by atoms with E-state index in [0.29, 0.717) is 11.8 Å². The van der Waals surface area contributed by atoms with Gasteiger partial charge in [-0.2, -0.15) is 0 Å². The highest BCUT2D eigenvalue weighted by Crippen LogP contribution is 2.21. The van der Waals surface area contributed by atoms with Gasteiger partial charge in [-0.05, 0) is 57.9 Å². The highest BCUT2D eigenvalue weighted by molar-refractivity contribution is 5.23. The summed E-state index contributed by atoms with van der Waals surface area (Å²) in [6.07, 6.45) is 17.4. The Kier molecular flexibility index (Phi) is 13.4. The molecule has 0 rings (SSSR count). The Labute approximate surface area is 163 Å². The van der Waals surface area contributed by atoms with Crippen LogP contribution < -0.4 is 5.32 Å². The highest BCUT2D eigenvalue weighted by Gasteiger charge is 2.10. The van der Waals surface area contributed by atoms with E-state index in [4.69, 9.17) is 0 Å². The highest BCUT2D eigenvalue weighted by atomic mass is 14.9. The molecule has 0 fully saturated rings. The largest absolute Gasteiger partial charge is 0.363 e. The summed E-state index contributed by atoms with van der Waals surface area (Å²) in [4.78, 5) is 0. The molecule has 0 heterocycles. The Morgan fingerprint density at radius 2 is 1.81 bits per heavy atom. The standard InChI is InChI=1S/C25H41N/c1-9-14-15-25(13-5)22(8)26-21(7)16-17-23(11-3)18-19-24(12-4)20(6)10-2/h10-12,16,18,24-26H,3-4,8-9,13-15,17,19H2,1-2,5-7H3/b20-10+,21-16+,23-18-. The maximum atomic E-state index is 4.26. The van der Waals surface area contributed by atoms with Crippen LogP contribution in [0.15, 0.2) is 72.7 Å². The molecule has 0 saturated heterocycles. The fourth-order valence-electron chi connectivity index (χ4n) is 2.96. The molecule has 0 aliphatic carbocycles. The fourth-order valence-corrected chi connectivity index (χ4v) is 2.96. The maximum absolute atomic E-state index is 4.26. The minimum absolute atomic E-state index is 0.404. The van der Waals surface area contributed by atoms with E-state index in [0.717, 1.165) is 25.0 Å². The second-order valence-corrected chi connectivity index (χ2v) is 7.08. The second-order valence-electron chi connectivity index (χ2n) is 7.08. The van der Waals surface area contributed by atoms with Crippen LogP contribution in [0, 0.1) is 11.8 Å². The van der Waals surface area contributed by atoms with Crippen LogP contribution >= 0.6 is 0 Å². The Balaban J connectivity index is 4.77. The number of unbranched alkanes of at least 4 members (excludes halogenated alkanes) is 1. The van der Waals surface area contributed by atoms with E-state index in [2.05, 4.69) is 77.9 Å².